The van der Waals surface area contributed by atoms with Gasteiger partial charge in [0.2, 0.25) is 0 Å². The van der Waals surface area contributed by atoms with E-state index < -0.39 is 11.6 Å². The van der Waals surface area contributed by atoms with Crippen molar-refractivity contribution in [2.75, 3.05) is 13.1 Å². The van der Waals surface area contributed by atoms with E-state index in [0.29, 0.717) is 10.6 Å². The van der Waals surface area contributed by atoms with Gasteiger partial charge in [-0.05, 0) is 57.5 Å². The SMILES string of the molecule is CCC(C)(C(O)c1cc(F)ccc1Cl)N1CCCC1. The smallest absolute Gasteiger partial charge is 0.123 e. The van der Waals surface area contributed by atoms with E-state index in [-0.39, 0.29) is 5.82 Å². The predicted octanol–water partition coefficient (Wildman–Crippen LogP) is 3.78. The van der Waals surface area contributed by atoms with Gasteiger partial charge in [-0.1, -0.05) is 18.5 Å². The summed E-state index contributed by atoms with van der Waals surface area (Å²) in [5.74, 6) is -0.363. The molecular weight excluding hydrogens is 265 g/mol. The van der Waals surface area contributed by atoms with Crippen LogP contribution >= 0.6 is 11.6 Å². The van der Waals surface area contributed by atoms with Crippen LogP contribution in [0.5, 0.6) is 0 Å². The summed E-state index contributed by atoms with van der Waals surface area (Å²) in [5.41, 5.74) is 0.0893. The van der Waals surface area contributed by atoms with Crippen molar-refractivity contribution in [3.8, 4) is 0 Å². The second-order valence-electron chi connectivity index (χ2n) is 5.47. The number of hydrogen-bond acceptors (Lipinski definition) is 2. The number of halogens is 2. The predicted molar refractivity (Wildman–Crippen MR) is 75.9 cm³/mol. The fraction of sp³-hybridized carbons (Fsp3) is 0.600. The van der Waals surface area contributed by atoms with Crippen LogP contribution in [0.25, 0.3) is 0 Å². The summed E-state index contributed by atoms with van der Waals surface area (Å²) < 4.78 is 13.4. The highest BCUT2D eigenvalue weighted by molar-refractivity contribution is 6.31. The summed E-state index contributed by atoms with van der Waals surface area (Å²) in [7, 11) is 0. The number of hydrogen-bond donors (Lipinski definition) is 1. The van der Waals surface area contributed by atoms with Crippen LogP contribution in [-0.2, 0) is 0 Å². The molecule has 1 aromatic rings. The lowest BCUT2D eigenvalue weighted by Crippen LogP contribution is -2.49. The third-order valence-corrected chi connectivity index (χ3v) is 4.73. The standard InChI is InChI=1S/C15H21ClFNO/c1-3-15(2,18-8-4-5-9-18)14(19)12-10-11(17)6-7-13(12)16/h6-7,10,14,19H,3-5,8-9H2,1-2H3. The van der Waals surface area contributed by atoms with Crippen molar-refractivity contribution in [1.29, 1.82) is 0 Å². The molecule has 0 bridgehead atoms. The normalized spacial score (nSPS) is 21.3. The second kappa shape index (κ2) is 5.78. The van der Waals surface area contributed by atoms with Gasteiger partial charge in [-0.15, -0.1) is 0 Å². The lowest BCUT2D eigenvalue weighted by molar-refractivity contribution is -0.0140. The Morgan fingerprint density at radius 1 is 1.42 bits per heavy atom. The van der Waals surface area contributed by atoms with E-state index in [1.54, 1.807) is 0 Å². The summed E-state index contributed by atoms with van der Waals surface area (Å²) in [6.07, 6.45) is 2.32. The number of benzene rings is 1. The molecule has 0 amide bonds. The van der Waals surface area contributed by atoms with Crippen molar-refractivity contribution in [2.45, 2.75) is 44.8 Å². The molecule has 2 atom stereocenters. The van der Waals surface area contributed by atoms with Crippen LogP contribution in [0.2, 0.25) is 5.02 Å². The molecular formula is C15H21ClFNO. The molecule has 4 heteroatoms. The molecule has 0 radical (unpaired) electrons. The zero-order valence-corrected chi connectivity index (χ0v) is 12.3. The summed E-state index contributed by atoms with van der Waals surface area (Å²) in [6.45, 7) is 6.04. The largest absolute Gasteiger partial charge is 0.386 e. The molecule has 0 spiro atoms. The minimum atomic E-state index is -0.779. The minimum absolute atomic E-state index is 0.363. The maximum atomic E-state index is 13.4. The number of aliphatic hydroxyl groups excluding tert-OH is 1. The number of rotatable bonds is 4. The molecule has 19 heavy (non-hydrogen) atoms. The molecule has 2 rings (SSSR count). The average molecular weight is 286 g/mol. The molecule has 0 saturated carbocycles. The van der Waals surface area contributed by atoms with Crippen LogP contribution in [0.1, 0.15) is 44.8 Å². The van der Waals surface area contributed by atoms with Crippen molar-refractivity contribution in [3.05, 3.63) is 34.6 Å². The maximum absolute atomic E-state index is 13.4. The Hall–Kier alpha value is -0.640. The van der Waals surface area contributed by atoms with Crippen molar-refractivity contribution >= 4 is 11.6 Å². The lowest BCUT2D eigenvalue weighted by atomic mass is 9.85. The lowest BCUT2D eigenvalue weighted by Gasteiger charge is -2.42. The van der Waals surface area contributed by atoms with Gasteiger partial charge in [0.25, 0.3) is 0 Å². The van der Waals surface area contributed by atoms with Gasteiger partial charge >= 0.3 is 0 Å². The van der Waals surface area contributed by atoms with Crippen LogP contribution in [-0.4, -0.2) is 28.6 Å². The summed E-state index contributed by atoms with van der Waals surface area (Å²) in [4.78, 5) is 2.29. The molecule has 106 valence electrons. The van der Waals surface area contributed by atoms with Gasteiger partial charge in [0.1, 0.15) is 5.82 Å². The molecule has 0 aliphatic carbocycles. The van der Waals surface area contributed by atoms with Crippen molar-refractivity contribution in [2.24, 2.45) is 0 Å². The summed E-state index contributed by atoms with van der Waals surface area (Å²) in [6, 6.07) is 4.17. The highest BCUT2D eigenvalue weighted by Gasteiger charge is 2.40. The van der Waals surface area contributed by atoms with E-state index in [0.717, 1.165) is 32.4 Å². The van der Waals surface area contributed by atoms with Gasteiger partial charge < -0.3 is 5.11 Å². The number of aliphatic hydroxyl groups is 1. The van der Waals surface area contributed by atoms with Crippen LogP contribution in [0, 0.1) is 5.82 Å². The Morgan fingerprint density at radius 3 is 2.63 bits per heavy atom. The quantitative estimate of drug-likeness (QED) is 0.910. The topological polar surface area (TPSA) is 23.5 Å². The fourth-order valence-electron chi connectivity index (χ4n) is 2.88. The molecule has 1 aliphatic rings. The molecule has 1 N–H and O–H groups in total. The maximum Gasteiger partial charge on any atom is 0.123 e. The average Bonchev–Trinajstić information content (AvgIpc) is 2.94. The zero-order valence-electron chi connectivity index (χ0n) is 11.5. The van der Waals surface area contributed by atoms with Gasteiger partial charge in [0, 0.05) is 16.1 Å². The molecule has 1 saturated heterocycles. The van der Waals surface area contributed by atoms with E-state index in [9.17, 15) is 9.50 Å². The summed E-state index contributed by atoms with van der Waals surface area (Å²) >= 11 is 6.12. The van der Waals surface area contributed by atoms with Crippen LogP contribution < -0.4 is 0 Å². The molecule has 1 heterocycles. The summed E-state index contributed by atoms with van der Waals surface area (Å²) in [5, 5.41) is 11.1. The zero-order chi connectivity index (χ0) is 14.0. The number of nitrogens with zero attached hydrogens (tertiary/aromatic N) is 1. The van der Waals surface area contributed by atoms with Crippen molar-refractivity contribution in [3.63, 3.8) is 0 Å². The van der Waals surface area contributed by atoms with E-state index in [4.69, 9.17) is 11.6 Å². The van der Waals surface area contributed by atoms with Crippen LogP contribution in [0.15, 0.2) is 18.2 Å². The first-order valence-electron chi connectivity index (χ1n) is 6.87. The molecule has 1 aromatic carbocycles. The Labute approximate surface area is 119 Å². The Balaban J connectivity index is 2.34. The van der Waals surface area contributed by atoms with Crippen LogP contribution in [0.3, 0.4) is 0 Å². The third kappa shape index (κ3) is 2.78. The van der Waals surface area contributed by atoms with E-state index in [1.165, 1.54) is 18.2 Å². The van der Waals surface area contributed by atoms with Gasteiger partial charge in [-0.2, -0.15) is 0 Å². The highest BCUT2D eigenvalue weighted by atomic mass is 35.5. The van der Waals surface area contributed by atoms with Gasteiger partial charge in [0.05, 0.1) is 6.10 Å². The van der Waals surface area contributed by atoms with Crippen LogP contribution in [0.4, 0.5) is 4.39 Å². The van der Waals surface area contributed by atoms with Gasteiger partial charge in [0.15, 0.2) is 0 Å². The Kier molecular flexibility index (Phi) is 4.49. The minimum Gasteiger partial charge on any atom is -0.386 e. The first-order valence-corrected chi connectivity index (χ1v) is 7.25. The molecule has 1 fully saturated rings. The highest BCUT2D eigenvalue weighted by Crippen LogP contribution is 2.39. The first-order chi connectivity index (χ1) is 8.99. The molecule has 1 aliphatic heterocycles. The Morgan fingerprint density at radius 2 is 2.05 bits per heavy atom. The van der Waals surface area contributed by atoms with Gasteiger partial charge in [-0.25, -0.2) is 4.39 Å². The fourth-order valence-corrected chi connectivity index (χ4v) is 3.10. The monoisotopic (exact) mass is 285 g/mol. The molecule has 2 nitrogen and oxygen atoms in total. The second-order valence-corrected chi connectivity index (χ2v) is 5.88. The molecule has 0 aromatic heterocycles. The number of likely N-dealkylation sites (tertiary alicyclic amines) is 1. The van der Waals surface area contributed by atoms with Crippen molar-refractivity contribution in [1.82, 2.24) is 4.90 Å². The first kappa shape index (κ1) is 14.8. The van der Waals surface area contributed by atoms with E-state index in [2.05, 4.69) is 11.8 Å². The Bertz CT molecular complexity index is 448. The van der Waals surface area contributed by atoms with E-state index in [1.807, 2.05) is 6.92 Å². The van der Waals surface area contributed by atoms with Gasteiger partial charge in [-0.3, -0.25) is 4.90 Å². The third-order valence-electron chi connectivity index (χ3n) is 4.39. The molecule has 2 unspecified atom stereocenters. The van der Waals surface area contributed by atoms with Crippen molar-refractivity contribution < 1.29 is 9.50 Å². The van der Waals surface area contributed by atoms with E-state index >= 15 is 0 Å².